The van der Waals surface area contributed by atoms with Crippen molar-refractivity contribution in [1.82, 2.24) is 4.98 Å². The van der Waals surface area contributed by atoms with Crippen LogP contribution in [0.4, 0.5) is 19.0 Å². The summed E-state index contributed by atoms with van der Waals surface area (Å²) >= 11 is 0. The van der Waals surface area contributed by atoms with Crippen LogP contribution in [0.3, 0.4) is 0 Å². The highest BCUT2D eigenvalue weighted by Gasteiger charge is 2.37. The molecule has 0 fully saturated rings. The second kappa shape index (κ2) is 5.51. The van der Waals surface area contributed by atoms with Gasteiger partial charge in [-0.3, -0.25) is 9.59 Å². The number of carbonyl (C=O) groups excluding carboxylic acids is 2. The lowest BCUT2D eigenvalue weighted by Crippen LogP contribution is -2.32. The number of amides is 1. The van der Waals surface area contributed by atoms with Crippen LogP contribution in [-0.2, 0) is 20.5 Å². The Hall–Kier alpha value is -2.45. The number of alkyl halides is 3. The van der Waals surface area contributed by atoms with Gasteiger partial charge in [-0.25, -0.2) is 4.98 Å². The van der Waals surface area contributed by atoms with Crippen molar-refractivity contribution in [2.45, 2.75) is 13.1 Å². The number of pyridine rings is 1. The molecule has 0 spiro atoms. The fraction of sp³-hybridized carbons (Fsp3) is 0.333. The van der Waals surface area contributed by atoms with E-state index in [2.05, 4.69) is 10.1 Å². The number of ether oxygens (including phenoxy) is 1. The second-order valence-electron chi connectivity index (χ2n) is 4.05. The van der Waals surface area contributed by atoms with Gasteiger partial charge in [-0.2, -0.15) is 23.3 Å². The quantitative estimate of drug-likeness (QED) is 0.628. The SMILES string of the molecule is CCOC(=O)C1C=NN(c2ccc(C(F)(F)F)cn2)C1=O. The molecule has 112 valence electrons. The zero-order valence-electron chi connectivity index (χ0n) is 10.8. The molecule has 1 aromatic rings. The summed E-state index contributed by atoms with van der Waals surface area (Å²) in [5.74, 6) is -2.79. The maximum Gasteiger partial charge on any atom is 0.417 e. The molecule has 21 heavy (non-hydrogen) atoms. The van der Waals surface area contributed by atoms with Gasteiger partial charge in [-0.1, -0.05) is 0 Å². The molecule has 2 heterocycles. The molecule has 0 radical (unpaired) electrons. The molecule has 2 rings (SSSR count). The van der Waals surface area contributed by atoms with Crippen molar-refractivity contribution in [2.24, 2.45) is 11.0 Å². The summed E-state index contributed by atoms with van der Waals surface area (Å²) in [5.41, 5.74) is -0.941. The first kappa shape index (κ1) is 14.9. The van der Waals surface area contributed by atoms with E-state index in [1.54, 1.807) is 6.92 Å². The third kappa shape index (κ3) is 3.01. The van der Waals surface area contributed by atoms with Gasteiger partial charge in [0, 0.05) is 12.4 Å². The fourth-order valence-corrected chi connectivity index (χ4v) is 1.63. The fourth-order valence-electron chi connectivity index (χ4n) is 1.63. The Balaban J connectivity index is 2.16. The van der Waals surface area contributed by atoms with Crippen LogP contribution in [0.15, 0.2) is 23.4 Å². The highest BCUT2D eigenvalue weighted by Crippen LogP contribution is 2.30. The lowest BCUT2D eigenvalue weighted by atomic mass is 10.1. The van der Waals surface area contributed by atoms with Gasteiger partial charge in [0.05, 0.1) is 12.2 Å². The number of aromatic nitrogens is 1. The minimum Gasteiger partial charge on any atom is -0.465 e. The van der Waals surface area contributed by atoms with E-state index in [9.17, 15) is 22.8 Å². The number of esters is 1. The second-order valence-corrected chi connectivity index (χ2v) is 4.05. The molecule has 1 aliphatic heterocycles. The molecule has 1 unspecified atom stereocenters. The van der Waals surface area contributed by atoms with Crippen molar-refractivity contribution in [1.29, 1.82) is 0 Å². The molecular formula is C12H10F3N3O3. The molecule has 0 aromatic carbocycles. The molecule has 1 aliphatic rings. The number of rotatable bonds is 3. The van der Waals surface area contributed by atoms with Gasteiger partial charge in [0.25, 0.3) is 5.91 Å². The normalized spacial score (nSPS) is 18.2. The summed E-state index contributed by atoms with van der Waals surface area (Å²) in [6, 6.07) is 1.79. The summed E-state index contributed by atoms with van der Waals surface area (Å²) in [5, 5.41) is 4.44. The summed E-state index contributed by atoms with van der Waals surface area (Å²) in [7, 11) is 0. The minimum absolute atomic E-state index is 0.101. The molecule has 0 saturated carbocycles. The van der Waals surface area contributed by atoms with Crippen LogP contribution in [0.2, 0.25) is 0 Å². The number of halogens is 3. The van der Waals surface area contributed by atoms with E-state index in [0.717, 1.165) is 23.4 Å². The average molecular weight is 301 g/mol. The summed E-state index contributed by atoms with van der Waals surface area (Å²) in [6.45, 7) is 1.69. The molecule has 1 amide bonds. The Kier molecular flexibility index (Phi) is 3.92. The smallest absolute Gasteiger partial charge is 0.417 e. The third-order valence-corrected chi connectivity index (χ3v) is 2.64. The van der Waals surface area contributed by atoms with Crippen LogP contribution in [0.5, 0.6) is 0 Å². The van der Waals surface area contributed by atoms with Crippen LogP contribution in [0, 0.1) is 5.92 Å². The number of hydrogen-bond acceptors (Lipinski definition) is 5. The summed E-state index contributed by atoms with van der Waals surface area (Å²) < 4.78 is 41.9. The van der Waals surface area contributed by atoms with Crippen molar-refractivity contribution in [2.75, 3.05) is 11.6 Å². The predicted octanol–water partition coefficient (Wildman–Crippen LogP) is 1.61. The maximum atomic E-state index is 12.4. The zero-order valence-corrected chi connectivity index (χ0v) is 10.8. The van der Waals surface area contributed by atoms with Crippen molar-refractivity contribution in [3.63, 3.8) is 0 Å². The van der Waals surface area contributed by atoms with Crippen LogP contribution in [0.1, 0.15) is 12.5 Å². The Labute approximate surface area is 117 Å². The monoisotopic (exact) mass is 301 g/mol. The first-order valence-electron chi connectivity index (χ1n) is 5.92. The standard InChI is InChI=1S/C12H10F3N3O3/c1-2-21-11(20)8-6-17-18(10(8)19)9-4-3-7(5-16-9)12(13,14)15/h3-6,8H,2H2,1H3. The largest absolute Gasteiger partial charge is 0.465 e. The van der Waals surface area contributed by atoms with E-state index in [-0.39, 0.29) is 12.4 Å². The van der Waals surface area contributed by atoms with E-state index >= 15 is 0 Å². The molecule has 0 N–H and O–H groups in total. The van der Waals surface area contributed by atoms with Crippen molar-refractivity contribution in [3.8, 4) is 0 Å². The number of anilines is 1. The van der Waals surface area contributed by atoms with E-state index in [0.29, 0.717) is 6.20 Å². The van der Waals surface area contributed by atoms with Crippen molar-refractivity contribution < 1.29 is 27.5 Å². The van der Waals surface area contributed by atoms with Gasteiger partial charge in [0.15, 0.2) is 11.7 Å². The van der Waals surface area contributed by atoms with Crippen LogP contribution >= 0.6 is 0 Å². The number of hydrogen-bond donors (Lipinski definition) is 0. The van der Waals surface area contributed by atoms with E-state index in [1.165, 1.54) is 0 Å². The highest BCUT2D eigenvalue weighted by atomic mass is 19.4. The minimum atomic E-state index is -4.52. The van der Waals surface area contributed by atoms with Gasteiger partial charge in [0.1, 0.15) is 0 Å². The van der Waals surface area contributed by atoms with Crippen molar-refractivity contribution >= 4 is 23.9 Å². The summed E-state index contributed by atoms with van der Waals surface area (Å²) in [6.07, 6.45) is -2.85. The topological polar surface area (TPSA) is 71.9 Å². The molecule has 0 aliphatic carbocycles. The van der Waals surface area contributed by atoms with Crippen LogP contribution < -0.4 is 5.01 Å². The molecule has 9 heteroatoms. The molecule has 6 nitrogen and oxygen atoms in total. The Morgan fingerprint density at radius 3 is 2.67 bits per heavy atom. The number of hydrazone groups is 1. The first-order chi connectivity index (χ1) is 9.84. The van der Waals surface area contributed by atoms with Gasteiger partial charge in [-0.15, -0.1) is 0 Å². The molecule has 0 saturated heterocycles. The van der Waals surface area contributed by atoms with Gasteiger partial charge in [0.2, 0.25) is 0 Å². The highest BCUT2D eigenvalue weighted by molar-refractivity contribution is 6.19. The Morgan fingerprint density at radius 1 is 1.43 bits per heavy atom. The Bertz CT molecular complexity index is 584. The molecule has 1 aromatic heterocycles. The third-order valence-electron chi connectivity index (χ3n) is 2.64. The van der Waals surface area contributed by atoms with E-state index in [4.69, 9.17) is 4.74 Å². The van der Waals surface area contributed by atoms with E-state index in [1.807, 2.05) is 0 Å². The van der Waals surface area contributed by atoms with Gasteiger partial charge < -0.3 is 4.74 Å². The lowest BCUT2D eigenvalue weighted by Gasteiger charge is -2.13. The first-order valence-corrected chi connectivity index (χ1v) is 5.92. The van der Waals surface area contributed by atoms with Crippen LogP contribution in [-0.4, -0.2) is 29.7 Å². The molecular weight excluding hydrogens is 291 g/mol. The molecule has 0 bridgehead atoms. The number of carbonyl (C=O) groups is 2. The predicted molar refractivity (Wildman–Crippen MR) is 65.3 cm³/mol. The average Bonchev–Trinajstić information content (AvgIpc) is 2.80. The number of nitrogens with zero attached hydrogens (tertiary/aromatic N) is 3. The maximum absolute atomic E-state index is 12.4. The van der Waals surface area contributed by atoms with Gasteiger partial charge >= 0.3 is 12.1 Å². The Morgan fingerprint density at radius 2 is 2.14 bits per heavy atom. The van der Waals surface area contributed by atoms with Gasteiger partial charge in [-0.05, 0) is 19.1 Å². The molecule has 1 atom stereocenters. The lowest BCUT2D eigenvalue weighted by molar-refractivity contribution is -0.148. The summed E-state index contributed by atoms with van der Waals surface area (Å²) in [4.78, 5) is 27.0. The van der Waals surface area contributed by atoms with Crippen LogP contribution in [0.25, 0.3) is 0 Å². The van der Waals surface area contributed by atoms with Crippen molar-refractivity contribution in [3.05, 3.63) is 23.9 Å². The van der Waals surface area contributed by atoms with E-state index < -0.39 is 29.5 Å². The zero-order chi connectivity index (χ0) is 15.6.